The summed E-state index contributed by atoms with van der Waals surface area (Å²) in [5, 5.41) is 9.14. The van der Waals surface area contributed by atoms with Crippen molar-refractivity contribution >= 4 is 11.9 Å². The van der Waals surface area contributed by atoms with E-state index < -0.39 is 5.97 Å². The molecule has 1 amide bonds. The van der Waals surface area contributed by atoms with E-state index >= 15 is 0 Å². The summed E-state index contributed by atoms with van der Waals surface area (Å²) in [6.45, 7) is 2.70. The van der Waals surface area contributed by atoms with Gasteiger partial charge in [0.15, 0.2) is 0 Å². The smallest absolute Gasteiger partial charge is 0.336 e. The Balaban J connectivity index is 2.09. The van der Waals surface area contributed by atoms with Crippen molar-refractivity contribution in [1.82, 2.24) is 9.80 Å². The molecule has 108 valence electrons. The summed E-state index contributed by atoms with van der Waals surface area (Å²) in [7, 11) is 3.81. The lowest BCUT2D eigenvalue weighted by Crippen LogP contribution is -2.33. The Morgan fingerprint density at radius 1 is 1.35 bits per heavy atom. The molecule has 5 heteroatoms. The van der Waals surface area contributed by atoms with E-state index in [0.29, 0.717) is 12.5 Å². The number of likely N-dealkylation sites (tertiary alicyclic amines) is 1. The summed E-state index contributed by atoms with van der Waals surface area (Å²) in [5.74, 6) is -0.827. The fourth-order valence-electron chi connectivity index (χ4n) is 2.71. The molecule has 1 saturated heterocycles. The Bertz CT molecular complexity index is 516. The Kier molecular flexibility index (Phi) is 4.39. The van der Waals surface area contributed by atoms with Gasteiger partial charge in [-0.15, -0.1) is 0 Å². The molecule has 1 aromatic carbocycles. The van der Waals surface area contributed by atoms with Gasteiger partial charge in [-0.1, -0.05) is 12.1 Å². The molecule has 2 rings (SSSR count). The molecule has 1 N–H and O–H groups in total. The van der Waals surface area contributed by atoms with Crippen LogP contribution in [0.15, 0.2) is 24.3 Å². The highest BCUT2D eigenvalue weighted by atomic mass is 16.4. The van der Waals surface area contributed by atoms with Gasteiger partial charge in [0.1, 0.15) is 0 Å². The molecule has 0 aromatic heterocycles. The molecule has 20 heavy (non-hydrogen) atoms. The van der Waals surface area contributed by atoms with Gasteiger partial charge in [-0.25, -0.2) is 4.79 Å². The van der Waals surface area contributed by atoms with E-state index in [2.05, 4.69) is 11.9 Å². The first kappa shape index (κ1) is 14.5. The Labute approximate surface area is 118 Å². The van der Waals surface area contributed by atoms with E-state index in [9.17, 15) is 9.59 Å². The largest absolute Gasteiger partial charge is 0.478 e. The van der Waals surface area contributed by atoms with Gasteiger partial charge < -0.3 is 14.9 Å². The molecule has 1 fully saturated rings. The van der Waals surface area contributed by atoms with Gasteiger partial charge in [0.2, 0.25) is 0 Å². The number of hydrogen-bond donors (Lipinski definition) is 1. The topological polar surface area (TPSA) is 60.9 Å². The Morgan fingerprint density at radius 2 is 2.00 bits per heavy atom. The fraction of sp³-hybridized carbons (Fsp3) is 0.467. The van der Waals surface area contributed by atoms with Crippen LogP contribution in [0.2, 0.25) is 0 Å². The van der Waals surface area contributed by atoms with Gasteiger partial charge in [0.05, 0.1) is 11.1 Å². The van der Waals surface area contributed by atoms with Crippen molar-refractivity contribution < 1.29 is 14.7 Å². The number of carboxylic acid groups (broad SMARTS) is 1. The van der Waals surface area contributed by atoms with Gasteiger partial charge in [0, 0.05) is 20.1 Å². The first-order chi connectivity index (χ1) is 9.49. The maximum Gasteiger partial charge on any atom is 0.336 e. The lowest BCUT2D eigenvalue weighted by molar-refractivity contribution is 0.0679. The number of nitrogens with zero attached hydrogens (tertiary/aromatic N) is 2. The Hall–Kier alpha value is -1.88. The quantitative estimate of drug-likeness (QED) is 0.903. The number of aromatic carboxylic acids is 1. The van der Waals surface area contributed by atoms with Gasteiger partial charge in [-0.3, -0.25) is 4.79 Å². The second kappa shape index (κ2) is 6.05. The first-order valence-electron chi connectivity index (χ1n) is 6.75. The van der Waals surface area contributed by atoms with Crippen LogP contribution in [0.25, 0.3) is 0 Å². The summed E-state index contributed by atoms with van der Waals surface area (Å²) in [6.07, 6.45) is 1.08. The van der Waals surface area contributed by atoms with Crippen molar-refractivity contribution in [2.75, 3.05) is 33.7 Å². The predicted octanol–water partition coefficient (Wildman–Crippen LogP) is 1.41. The Morgan fingerprint density at radius 3 is 2.55 bits per heavy atom. The molecule has 0 bridgehead atoms. The van der Waals surface area contributed by atoms with Crippen LogP contribution >= 0.6 is 0 Å². The number of rotatable bonds is 4. The minimum Gasteiger partial charge on any atom is -0.478 e. The number of carbonyl (C=O) groups is 2. The molecule has 1 heterocycles. The van der Waals surface area contributed by atoms with E-state index in [0.717, 1.165) is 19.5 Å². The molecule has 0 spiro atoms. The third kappa shape index (κ3) is 3.17. The average molecular weight is 276 g/mol. The number of amides is 1. The molecule has 0 radical (unpaired) electrons. The molecule has 0 aliphatic carbocycles. The van der Waals surface area contributed by atoms with Crippen molar-refractivity contribution in [3.05, 3.63) is 35.4 Å². The summed E-state index contributed by atoms with van der Waals surface area (Å²) >= 11 is 0. The molecule has 1 aromatic rings. The summed E-state index contributed by atoms with van der Waals surface area (Å²) in [5.41, 5.74) is 0.321. The van der Waals surface area contributed by atoms with Crippen LogP contribution in [-0.2, 0) is 0 Å². The second-order valence-corrected chi connectivity index (χ2v) is 5.45. The normalized spacial score (nSPS) is 19.0. The van der Waals surface area contributed by atoms with Crippen LogP contribution in [0.3, 0.4) is 0 Å². The molecule has 1 atom stereocenters. The van der Waals surface area contributed by atoms with Crippen LogP contribution in [-0.4, -0.2) is 60.5 Å². The zero-order valence-electron chi connectivity index (χ0n) is 11.9. The van der Waals surface area contributed by atoms with E-state index in [1.165, 1.54) is 6.07 Å². The fourth-order valence-corrected chi connectivity index (χ4v) is 2.71. The average Bonchev–Trinajstić information content (AvgIpc) is 2.83. The van der Waals surface area contributed by atoms with Crippen LogP contribution in [0, 0.1) is 5.92 Å². The van der Waals surface area contributed by atoms with Gasteiger partial charge >= 0.3 is 5.97 Å². The van der Waals surface area contributed by atoms with Crippen LogP contribution < -0.4 is 0 Å². The minimum absolute atomic E-state index is 0.0629. The number of benzene rings is 1. The molecule has 1 aliphatic rings. The molecule has 1 unspecified atom stereocenters. The summed E-state index contributed by atoms with van der Waals surface area (Å²) in [4.78, 5) is 27.4. The van der Waals surface area contributed by atoms with Crippen molar-refractivity contribution in [1.29, 1.82) is 0 Å². The van der Waals surface area contributed by atoms with Gasteiger partial charge in [0.25, 0.3) is 5.91 Å². The highest BCUT2D eigenvalue weighted by Crippen LogP contribution is 2.17. The van der Waals surface area contributed by atoms with E-state index in [1.807, 2.05) is 0 Å². The molecule has 5 nitrogen and oxygen atoms in total. The van der Waals surface area contributed by atoms with Gasteiger partial charge in [-0.05, 0) is 38.1 Å². The third-order valence-electron chi connectivity index (χ3n) is 3.76. The lowest BCUT2D eigenvalue weighted by atomic mass is 10.0. The highest BCUT2D eigenvalue weighted by Gasteiger charge is 2.24. The third-order valence-corrected chi connectivity index (χ3v) is 3.76. The first-order valence-corrected chi connectivity index (χ1v) is 6.75. The zero-order chi connectivity index (χ0) is 14.7. The van der Waals surface area contributed by atoms with Gasteiger partial charge in [-0.2, -0.15) is 0 Å². The van der Waals surface area contributed by atoms with Crippen molar-refractivity contribution in [2.45, 2.75) is 6.42 Å². The standard InChI is InChI=1S/C15H20N2O3/c1-16-8-7-11(9-16)10-17(2)14(18)12-5-3-4-6-13(12)15(19)20/h3-6,11H,7-10H2,1-2H3,(H,19,20). The SMILES string of the molecule is CN1CCC(CN(C)C(=O)c2ccccc2C(=O)O)C1. The number of hydrogen-bond acceptors (Lipinski definition) is 3. The zero-order valence-corrected chi connectivity index (χ0v) is 11.9. The van der Waals surface area contributed by atoms with E-state index in [4.69, 9.17) is 5.11 Å². The number of carbonyl (C=O) groups excluding carboxylic acids is 1. The van der Waals surface area contributed by atoms with Crippen molar-refractivity contribution in [3.63, 3.8) is 0 Å². The summed E-state index contributed by atoms with van der Waals surface area (Å²) < 4.78 is 0. The monoisotopic (exact) mass is 276 g/mol. The highest BCUT2D eigenvalue weighted by molar-refractivity contribution is 6.04. The summed E-state index contributed by atoms with van der Waals surface area (Å²) in [6, 6.07) is 6.36. The minimum atomic E-state index is -1.07. The van der Waals surface area contributed by atoms with E-state index in [-0.39, 0.29) is 17.0 Å². The van der Waals surface area contributed by atoms with Crippen molar-refractivity contribution in [2.24, 2.45) is 5.92 Å². The number of carboxylic acids is 1. The lowest BCUT2D eigenvalue weighted by Gasteiger charge is -2.22. The van der Waals surface area contributed by atoms with Crippen molar-refractivity contribution in [3.8, 4) is 0 Å². The van der Waals surface area contributed by atoms with Crippen LogP contribution in [0.5, 0.6) is 0 Å². The van der Waals surface area contributed by atoms with E-state index in [1.54, 1.807) is 30.1 Å². The van der Waals surface area contributed by atoms with Crippen LogP contribution in [0.1, 0.15) is 27.1 Å². The molecule has 1 aliphatic heterocycles. The maximum absolute atomic E-state index is 12.4. The second-order valence-electron chi connectivity index (χ2n) is 5.45. The molecular weight excluding hydrogens is 256 g/mol. The molecular formula is C15H20N2O3. The maximum atomic E-state index is 12.4. The predicted molar refractivity (Wildman–Crippen MR) is 76.0 cm³/mol. The molecule has 0 saturated carbocycles. The van der Waals surface area contributed by atoms with Crippen LogP contribution in [0.4, 0.5) is 0 Å².